The first-order valence-corrected chi connectivity index (χ1v) is 20.0. The molecule has 58 heavy (non-hydrogen) atoms. The maximum absolute atomic E-state index is 5.24. The highest BCUT2D eigenvalue weighted by atomic mass is 15.0. The van der Waals surface area contributed by atoms with Crippen molar-refractivity contribution >= 4 is 75.8 Å². The van der Waals surface area contributed by atoms with Crippen LogP contribution in [0.4, 0.5) is 0 Å². The van der Waals surface area contributed by atoms with Crippen molar-refractivity contribution in [2.45, 2.75) is 6.92 Å². The van der Waals surface area contributed by atoms with Crippen LogP contribution in [0.5, 0.6) is 0 Å². The van der Waals surface area contributed by atoms with E-state index in [0.717, 1.165) is 27.8 Å². The van der Waals surface area contributed by atoms with Crippen molar-refractivity contribution < 1.29 is 0 Å². The van der Waals surface area contributed by atoms with Crippen LogP contribution < -0.4 is 0 Å². The average molecular weight is 737 g/mol. The number of hydrogen-bond acceptors (Lipinski definition) is 1. The molecule has 2 heterocycles. The quantitative estimate of drug-likeness (QED) is 0.130. The van der Waals surface area contributed by atoms with E-state index in [1.165, 1.54) is 92.6 Å². The van der Waals surface area contributed by atoms with E-state index < -0.39 is 0 Å². The first-order valence-electron chi connectivity index (χ1n) is 20.0. The minimum Gasteiger partial charge on any atom is -0.294 e. The van der Waals surface area contributed by atoms with Crippen LogP contribution >= 0.6 is 0 Å². The molecule has 2 nitrogen and oxygen atoms in total. The van der Waals surface area contributed by atoms with Gasteiger partial charge in [-0.2, -0.15) is 0 Å². The van der Waals surface area contributed by atoms with E-state index in [1.807, 2.05) is 6.20 Å². The lowest BCUT2D eigenvalue weighted by atomic mass is 9.83. The highest BCUT2D eigenvalue weighted by Crippen LogP contribution is 2.47. The van der Waals surface area contributed by atoms with E-state index in [1.54, 1.807) is 0 Å². The van der Waals surface area contributed by atoms with Crippen LogP contribution in [0.25, 0.3) is 115 Å². The third kappa shape index (κ3) is 4.95. The zero-order valence-electron chi connectivity index (χ0n) is 31.9. The summed E-state index contributed by atoms with van der Waals surface area (Å²) in [5.74, 6) is 0. The first-order chi connectivity index (χ1) is 28.7. The van der Waals surface area contributed by atoms with Gasteiger partial charge in [-0.15, -0.1) is 0 Å². The van der Waals surface area contributed by atoms with Crippen LogP contribution in [0, 0.1) is 6.92 Å². The molecule has 0 N–H and O–H groups in total. The molecule has 0 radical (unpaired) electrons. The number of pyridine rings is 1. The Kier molecular flexibility index (Phi) is 7.18. The van der Waals surface area contributed by atoms with Gasteiger partial charge in [-0.1, -0.05) is 163 Å². The Morgan fingerprint density at radius 2 is 0.983 bits per heavy atom. The van der Waals surface area contributed by atoms with Gasteiger partial charge in [0.15, 0.2) is 0 Å². The molecule has 12 rings (SSSR count). The van der Waals surface area contributed by atoms with Gasteiger partial charge in [-0.25, -0.2) is 4.98 Å². The number of hydrogen-bond donors (Lipinski definition) is 0. The van der Waals surface area contributed by atoms with Gasteiger partial charge in [-0.3, -0.25) is 4.57 Å². The maximum atomic E-state index is 5.24. The van der Waals surface area contributed by atoms with Crippen LogP contribution in [-0.4, -0.2) is 9.55 Å². The smallest absolute Gasteiger partial charge is 0.145 e. The minimum atomic E-state index is 0.951. The number of fused-ring (bicyclic) bond motifs is 9. The Morgan fingerprint density at radius 3 is 1.72 bits per heavy atom. The Hall–Kier alpha value is -7.55. The lowest BCUT2D eigenvalue weighted by Gasteiger charge is -2.19. The van der Waals surface area contributed by atoms with Crippen molar-refractivity contribution in [3.05, 3.63) is 206 Å². The number of rotatable bonds is 4. The van der Waals surface area contributed by atoms with E-state index in [-0.39, 0.29) is 0 Å². The van der Waals surface area contributed by atoms with Crippen molar-refractivity contribution in [1.29, 1.82) is 0 Å². The zero-order valence-corrected chi connectivity index (χ0v) is 31.9. The largest absolute Gasteiger partial charge is 0.294 e. The molecule has 2 heteroatoms. The van der Waals surface area contributed by atoms with Crippen LogP contribution in [-0.2, 0) is 0 Å². The number of benzene rings is 10. The molecule has 0 unspecified atom stereocenters. The van der Waals surface area contributed by atoms with Crippen LogP contribution in [0.3, 0.4) is 0 Å². The molecule has 0 bridgehead atoms. The standard InChI is InChI=1S/C56H36N2/c1-35-13-12-17-37(29-35)41-33-52-50-32-40(26-28-53(50)58(56(52)57-34-41)42-27-25-36-14-2-3-15-38(36)30-42)54-46-21-8-10-23-48(46)55(49-24-11-9-22-47(49)54)51-31-39-16-4-5-18-43(39)44-19-6-7-20-45(44)51/h2-34H,1H3. The van der Waals surface area contributed by atoms with Crippen molar-refractivity contribution in [3.8, 4) is 39.1 Å². The van der Waals surface area contributed by atoms with Gasteiger partial charge < -0.3 is 0 Å². The molecule has 10 aromatic carbocycles. The number of nitrogens with zero attached hydrogens (tertiary/aromatic N) is 2. The Bertz CT molecular complexity index is 3590. The van der Waals surface area contributed by atoms with Crippen LogP contribution in [0.2, 0.25) is 0 Å². The van der Waals surface area contributed by atoms with Crippen molar-refractivity contribution in [2.75, 3.05) is 0 Å². The van der Waals surface area contributed by atoms with Gasteiger partial charge in [0.1, 0.15) is 5.65 Å². The fourth-order valence-electron chi connectivity index (χ4n) is 9.60. The second-order valence-corrected chi connectivity index (χ2v) is 15.6. The summed E-state index contributed by atoms with van der Waals surface area (Å²) < 4.78 is 2.34. The molecule has 0 atom stereocenters. The fraction of sp³-hybridized carbons (Fsp3) is 0.0179. The third-order valence-corrected chi connectivity index (χ3v) is 12.2. The normalized spacial score (nSPS) is 11.9. The Labute approximate surface area is 335 Å². The van der Waals surface area contributed by atoms with E-state index in [2.05, 4.69) is 206 Å². The van der Waals surface area contributed by atoms with E-state index >= 15 is 0 Å². The van der Waals surface area contributed by atoms with E-state index in [9.17, 15) is 0 Å². The summed E-state index contributed by atoms with van der Waals surface area (Å²) in [5, 5.41) is 14.8. The summed E-state index contributed by atoms with van der Waals surface area (Å²) >= 11 is 0. The minimum absolute atomic E-state index is 0.951. The molecule has 0 amide bonds. The molecular weight excluding hydrogens is 701 g/mol. The molecule has 2 aromatic heterocycles. The molecule has 12 aromatic rings. The molecule has 0 aliphatic carbocycles. The Balaban J connectivity index is 1.16. The fourth-order valence-corrected chi connectivity index (χ4v) is 9.60. The van der Waals surface area contributed by atoms with Gasteiger partial charge in [-0.05, 0) is 125 Å². The number of aromatic nitrogens is 2. The van der Waals surface area contributed by atoms with Crippen molar-refractivity contribution in [1.82, 2.24) is 9.55 Å². The molecule has 0 aliphatic heterocycles. The maximum Gasteiger partial charge on any atom is 0.145 e. The van der Waals surface area contributed by atoms with Crippen LogP contribution in [0.15, 0.2) is 200 Å². The van der Waals surface area contributed by atoms with Gasteiger partial charge in [0.25, 0.3) is 0 Å². The van der Waals surface area contributed by atoms with Gasteiger partial charge >= 0.3 is 0 Å². The number of aryl methyl sites for hydroxylation is 1. The summed E-state index contributed by atoms with van der Waals surface area (Å²) in [7, 11) is 0. The highest BCUT2D eigenvalue weighted by molar-refractivity contribution is 6.26. The molecule has 0 saturated carbocycles. The third-order valence-electron chi connectivity index (χ3n) is 12.2. The summed E-state index contributed by atoms with van der Waals surface area (Å²) in [5.41, 5.74) is 11.7. The molecule has 0 spiro atoms. The van der Waals surface area contributed by atoms with Gasteiger partial charge in [0, 0.05) is 28.2 Å². The van der Waals surface area contributed by atoms with Gasteiger partial charge in [0.2, 0.25) is 0 Å². The van der Waals surface area contributed by atoms with Crippen molar-refractivity contribution in [3.63, 3.8) is 0 Å². The van der Waals surface area contributed by atoms with Crippen molar-refractivity contribution in [2.24, 2.45) is 0 Å². The average Bonchev–Trinajstić information content (AvgIpc) is 3.60. The lowest BCUT2D eigenvalue weighted by Crippen LogP contribution is -1.96. The Morgan fingerprint density at radius 1 is 0.362 bits per heavy atom. The van der Waals surface area contributed by atoms with E-state index in [0.29, 0.717) is 0 Å². The summed E-state index contributed by atoms with van der Waals surface area (Å²) in [6.07, 6.45) is 2.03. The molecule has 270 valence electrons. The predicted octanol–water partition coefficient (Wildman–Crippen LogP) is 15.3. The van der Waals surface area contributed by atoms with E-state index in [4.69, 9.17) is 4.98 Å². The lowest BCUT2D eigenvalue weighted by molar-refractivity contribution is 1.14. The van der Waals surface area contributed by atoms with Crippen LogP contribution in [0.1, 0.15) is 5.56 Å². The molecule has 0 aliphatic rings. The monoisotopic (exact) mass is 736 g/mol. The highest BCUT2D eigenvalue weighted by Gasteiger charge is 2.21. The predicted molar refractivity (Wildman–Crippen MR) is 247 cm³/mol. The summed E-state index contributed by atoms with van der Waals surface area (Å²) in [4.78, 5) is 5.24. The van der Waals surface area contributed by atoms with Gasteiger partial charge in [0.05, 0.1) is 5.52 Å². The summed E-state index contributed by atoms with van der Waals surface area (Å²) in [6, 6.07) is 71.4. The summed E-state index contributed by atoms with van der Waals surface area (Å²) in [6.45, 7) is 2.15. The zero-order chi connectivity index (χ0) is 38.3. The molecular formula is C56H36N2. The second kappa shape index (κ2) is 12.7. The topological polar surface area (TPSA) is 17.8 Å². The molecule has 0 fully saturated rings. The first kappa shape index (κ1) is 32.7. The molecule has 0 saturated heterocycles. The SMILES string of the molecule is Cc1cccc(-c2cnc3c(c2)c2cc(-c4c5ccccc5c(-c5cc6ccccc6c6ccccc56)c5ccccc45)ccc2n3-c2ccc3ccccc3c2)c1. The second-order valence-electron chi connectivity index (χ2n) is 15.6.